The van der Waals surface area contributed by atoms with Crippen molar-refractivity contribution in [2.24, 2.45) is 7.05 Å². The lowest BCUT2D eigenvalue weighted by molar-refractivity contribution is 0.766. The summed E-state index contributed by atoms with van der Waals surface area (Å²) in [6, 6.07) is 0. The number of rotatable bonds is 2. The highest BCUT2D eigenvalue weighted by Crippen LogP contribution is 2.29. The Labute approximate surface area is 100 Å². The van der Waals surface area contributed by atoms with Crippen molar-refractivity contribution in [3.63, 3.8) is 0 Å². The minimum Gasteiger partial charge on any atom is -0.368 e. The zero-order valence-corrected chi connectivity index (χ0v) is 9.77. The molecule has 0 aromatic carbocycles. The molecule has 8 heteroatoms. The van der Waals surface area contributed by atoms with Crippen LogP contribution in [0.25, 0.3) is 11.2 Å². The first-order valence-corrected chi connectivity index (χ1v) is 5.67. The third kappa shape index (κ3) is 1.82. The summed E-state index contributed by atoms with van der Waals surface area (Å²) >= 11 is 1.47. The molecule has 0 unspecified atom stereocenters. The van der Waals surface area contributed by atoms with Crippen LogP contribution in [0.1, 0.15) is 0 Å². The summed E-state index contributed by atoms with van der Waals surface area (Å²) in [5, 5.41) is 4.85. The fourth-order valence-corrected chi connectivity index (χ4v) is 2.38. The van der Waals surface area contributed by atoms with Crippen LogP contribution < -0.4 is 5.73 Å². The van der Waals surface area contributed by atoms with Crippen LogP contribution in [0.3, 0.4) is 0 Å². The molecule has 86 valence electrons. The fourth-order valence-electron chi connectivity index (χ4n) is 1.46. The third-order valence-corrected chi connectivity index (χ3v) is 3.10. The second-order valence-corrected chi connectivity index (χ2v) is 4.50. The summed E-state index contributed by atoms with van der Waals surface area (Å²) in [5.74, 6) is 0.219. The van der Waals surface area contributed by atoms with Crippen LogP contribution in [-0.4, -0.2) is 29.7 Å². The van der Waals surface area contributed by atoms with E-state index in [1.165, 1.54) is 11.8 Å². The normalized spacial score (nSPS) is 11.1. The molecule has 0 bridgehead atoms. The summed E-state index contributed by atoms with van der Waals surface area (Å²) in [5.41, 5.74) is 6.99. The first-order valence-electron chi connectivity index (χ1n) is 4.85. The maximum absolute atomic E-state index is 5.63. The molecule has 3 aromatic heterocycles. The Morgan fingerprint density at radius 3 is 3.06 bits per heavy atom. The van der Waals surface area contributed by atoms with Gasteiger partial charge in [-0.3, -0.25) is 4.68 Å². The maximum Gasteiger partial charge on any atom is 0.223 e. The Hall–Kier alpha value is -2.09. The molecule has 0 aliphatic heterocycles. The molecule has 0 spiro atoms. The molecule has 0 amide bonds. The topological polar surface area (TPSA) is 98.3 Å². The molecule has 3 aromatic rings. The number of aryl methyl sites for hydroxylation is 1. The summed E-state index contributed by atoms with van der Waals surface area (Å²) in [4.78, 5) is 16.3. The first-order chi connectivity index (χ1) is 8.22. The number of nitrogens with two attached hydrogens (primary N) is 1. The van der Waals surface area contributed by atoms with Gasteiger partial charge in [0.15, 0.2) is 5.65 Å². The van der Waals surface area contributed by atoms with E-state index >= 15 is 0 Å². The van der Waals surface area contributed by atoms with Gasteiger partial charge in [-0.1, -0.05) is 11.8 Å². The van der Waals surface area contributed by atoms with E-state index in [9.17, 15) is 0 Å². The van der Waals surface area contributed by atoms with Crippen molar-refractivity contribution < 1.29 is 0 Å². The molecule has 0 atom stereocenters. The number of imidazole rings is 1. The molecule has 0 fully saturated rings. The molecule has 3 N–H and O–H groups in total. The number of nitrogens with one attached hydrogen (secondary N) is 1. The number of hydrogen-bond acceptors (Lipinski definition) is 6. The summed E-state index contributed by atoms with van der Waals surface area (Å²) in [6.45, 7) is 0. The summed E-state index contributed by atoms with van der Waals surface area (Å²) in [6.07, 6.45) is 5.25. The van der Waals surface area contributed by atoms with E-state index in [0.717, 1.165) is 15.4 Å². The zero-order valence-electron chi connectivity index (χ0n) is 8.95. The van der Waals surface area contributed by atoms with Crippen molar-refractivity contribution in [2.45, 2.75) is 9.92 Å². The third-order valence-electron chi connectivity index (χ3n) is 2.17. The van der Waals surface area contributed by atoms with E-state index < -0.39 is 0 Å². The average molecular weight is 247 g/mol. The highest BCUT2D eigenvalue weighted by atomic mass is 32.2. The molecule has 7 nitrogen and oxygen atoms in total. The van der Waals surface area contributed by atoms with E-state index in [1.807, 2.05) is 13.2 Å². The molecule has 0 aliphatic rings. The SMILES string of the molecule is Cn1cc(Sc2nc(N)nc3nc[nH]c23)cn1. The van der Waals surface area contributed by atoms with Gasteiger partial charge in [0.1, 0.15) is 10.5 Å². The molecule has 3 rings (SSSR count). The molecular formula is C9H9N7S. The number of fused-ring (bicyclic) bond motifs is 1. The van der Waals surface area contributed by atoms with Gasteiger partial charge in [-0.25, -0.2) is 9.97 Å². The number of H-pyrrole nitrogens is 1. The highest BCUT2D eigenvalue weighted by Gasteiger charge is 2.10. The van der Waals surface area contributed by atoms with Crippen LogP contribution in [0, 0.1) is 0 Å². The number of aromatic amines is 1. The van der Waals surface area contributed by atoms with Crippen LogP contribution in [0.4, 0.5) is 5.95 Å². The Bertz CT molecular complexity index is 671. The molecule has 0 saturated heterocycles. The molecule has 0 saturated carbocycles. The fraction of sp³-hybridized carbons (Fsp3) is 0.111. The Morgan fingerprint density at radius 1 is 1.41 bits per heavy atom. The summed E-state index contributed by atoms with van der Waals surface area (Å²) < 4.78 is 1.73. The lowest BCUT2D eigenvalue weighted by Crippen LogP contribution is -1.96. The number of hydrogen-bond donors (Lipinski definition) is 2. The minimum absolute atomic E-state index is 0.219. The standard InChI is InChI=1S/C9H9N7S/c1-16-3-5(2-13-16)17-8-6-7(12-4-11-6)14-9(10)15-8/h2-4H,1H3,(H3,10,11,12,14,15). The van der Waals surface area contributed by atoms with Crippen molar-refractivity contribution in [1.29, 1.82) is 0 Å². The maximum atomic E-state index is 5.63. The van der Waals surface area contributed by atoms with Crippen molar-refractivity contribution >= 4 is 28.9 Å². The smallest absolute Gasteiger partial charge is 0.223 e. The van der Waals surface area contributed by atoms with E-state index in [2.05, 4.69) is 25.0 Å². The van der Waals surface area contributed by atoms with E-state index in [-0.39, 0.29) is 5.95 Å². The number of nitrogens with zero attached hydrogens (tertiary/aromatic N) is 5. The van der Waals surface area contributed by atoms with Gasteiger partial charge in [0, 0.05) is 13.2 Å². The Kier molecular flexibility index (Phi) is 2.22. The first kappa shape index (κ1) is 10.1. The average Bonchev–Trinajstić information content (AvgIpc) is 2.87. The molecule has 3 heterocycles. The number of nitrogen functional groups attached to an aromatic ring is 1. The summed E-state index contributed by atoms with van der Waals surface area (Å²) in [7, 11) is 1.87. The van der Waals surface area contributed by atoms with Gasteiger partial charge < -0.3 is 10.7 Å². The van der Waals surface area contributed by atoms with Gasteiger partial charge >= 0.3 is 0 Å². The van der Waals surface area contributed by atoms with Gasteiger partial charge in [0.25, 0.3) is 0 Å². The second-order valence-electron chi connectivity index (χ2n) is 3.44. The van der Waals surface area contributed by atoms with Gasteiger partial charge in [-0.2, -0.15) is 10.1 Å². The van der Waals surface area contributed by atoms with Crippen LogP contribution in [0.5, 0.6) is 0 Å². The van der Waals surface area contributed by atoms with Gasteiger partial charge in [0.2, 0.25) is 5.95 Å². The zero-order chi connectivity index (χ0) is 11.8. The van der Waals surface area contributed by atoms with Crippen molar-refractivity contribution in [2.75, 3.05) is 5.73 Å². The van der Waals surface area contributed by atoms with E-state index in [1.54, 1.807) is 17.2 Å². The number of anilines is 1. The van der Waals surface area contributed by atoms with Gasteiger partial charge in [-0.15, -0.1) is 0 Å². The van der Waals surface area contributed by atoms with Gasteiger partial charge in [0.05, 0.1) is 17.4 Å². The molecule has 0 aliphatic carbocycles. The second kappa shape index (κ2) is 3.74. The van der Waals surface area contributed by atoms with Crippen LogP contribution in [-0.2, 0) is 7.05 Å². The monoisotopic (exact) mass is 247 g/mol. The lowest BCUT2D eigenvalue weighted by atomic mass is 10.5. The van der Waals surface area contributed by atoms with Crippen LogP contribution >= 0.6 is 11.8 Å². The Morgan fingerprint density at radius 2 is 2.29 bits per heavy atom. The predicted molar refractivity (Wildman–Crippen MR) is 63.4 cm³/mol. The quantitative estimate of drug-likeness (QED) is 0.650. The molecule has 17 heavy (non-hydrogen) atoms. The van der Waals surface area contributed by atoms with E-state index in [4.69, 9.17) is 5.73 Å². The Balaban J connectivity index is 2.07. The minimum atomic E-state index is 0.219. The largest absolute Gasteiger partial charge is 0.368 e. The van der Waals surface area contributed by atoms with Gasteiger partial charge in [-0.05, 0) is 0 Å². The van der Waals surface area contributed by atoms with Crippen molar-refractivity contribution in [3.8, 4) is 0 Å². The van der Waals surface area contributed by atoms with Crippen molar-refractivity contribution in [1.82, 2.24) is 29.7 Å². The highest BCUT2D eigenvalue weighted by molar-refractivity contribution is 7.99. The lowest BCUT2D eigenvalue weighted by Gasteiger charge is -2.00. The van der Waals surface area contributed by atoms with E-state index in [0.29, 0.717) is 5.65 Å². The van der Waals surface area contributed by atoms with Crippen LogP contribution in [0.15, 0.2) is 28.6 Å². The van der Waals surface area contributed by atoms with Crippen LogP contribution in [0.2, 0.25) is 0 Å². The number of aromatic nitrogens is 6. The van der Waals surface area contributed by atoms with Crippen molar-refractivity contribution in [3.05, 3.63) is 18.7 Å². The predicted octanol–water partition coefficient (Wildman–Crippen LogP) is 0.820. The molecular weight excluding hydrogens is 238 g/mol. The molecule has 0 radical (unpaired) electrons.